The molecular formula is C13H17N3O3S. The van der Waals surface area contributed by atoms with Crippen LogP contribution in [0.5, 0.6) is 11.5 Å². The highest BCUT2D eigenvalue weighted by Gasteiger charge is 2.12. The summed E-state index contributed by atoms with van der Waals surface area (Å²) >= 11 is 5.08. The number of hydrogen-bond acceptors (Lipinski definition) is 5. The fourth-order valence-electron chi connectivity index (χ4n) is 1.62. The maximum absolute atomic E-state index is 5.29. The molecule has 0 saturated carbocycles. The molecule has 108 valence electrons. The molecule has 1 aromatic carbocycles. The average Bonchev–Trinajstić information content (AvgIpc) is 2.91. The van der Waals surface area contributed by atoms with Crippen LogP contribution in [0.2, 0.25) is 0 Å². The molecule has 1 aliphatic heterocycles. The van der Waals surface area contributed by atoms with E-state index in [0.29, 0.717) is 11.7 Å². The monoisotopic (exact) mass is 295 g/mol. The van der Waals surface area contributed by atoms with Crippen LogP contribution in [0.1, 0.15) is 12.0 Å². The third kappa shape index (κ3) is 4.36. The molecular weight excluding hydrogens is 278 g/mol. The van der Waals surface area contributed by atoms with E-state index >= 15 is 0 Å². The molecule has 1 heterocycles. The van der Waals surface area contributed by atoms with Crippen molar-refractivity contribution >= 4 is 23.5 Å². The zero-order chi connectivity index (χ0) is 14.2. The molecule has 2 rings (SSSR count). The first-order chi connectivity index (χ1) is 9.79. The number of rotatable bonds is 6. The van der Waals surface area contributed by atoms with Crippen molar-refractivity contribution in [1.82, 2.24) is 10.7 Å². The summed E-state index contributed by atoms with van der Waals surface area (Å²) in [5, 5.41) is 7.57. The van der Waals surface area contributed by atoms with Crippen molar-refractivity contribution in [1.29, 1.82) is 0 Å². The Hall–Kier alpha value is -1.86. The topological polar surface area (TPSA) is 64.1 Å². The molecule has 0 fully saturated rings. The quantitative estimate of drug-likeness (QED) is 0.356. The van der Waals surface area contributed by atoms with E-state index in [2.05, 4.69) is 15.8 Å². The van der Waals surface area contributed by atoms with E-state index in [1.807, 2.05) is 18.2 Å². The van der Waals surface area contributed by atoms with Gasteiger partial charge in [0.05, 0.1) is 6.21 Å². The number of nitrogens with zero attached hydrogens (tertiary/aromatic N) is 1. The summed E-state index contributed by atoms with van der Waals surface area (Å²) < 4.78 is 15.5. The molecule has 1 aliphatic rings. The highest BCUT2D eigenvalue weighted by molar-refractivity contribution is 7.80. The van der Waals surface area contributed by atoms with Crippen molar-refractivity contribution in [2.75, 3.05) is 27.1 Å². The van der Waals surface area contributed by atoms with Crippen LogP contribution >= 0.6 is 12.2 Å². The third-order valence-corrected chi connectivity index (χ3v) is 2.82. The smallest absolute Gasteiger partial charge is 0.231 e. The Morgan fingerprint density at radius 3 is 3.15 bits per heavy atom. The van der Waals surface area contributed by atoms with E-state index in [1.165, 1.54) is 0 Å². The van der Waals surface area contributed by atoms with Crippen LogP contribution in [-0.4, -0.2) is 38.4 Å². The molecule has 0 unspecified atom stereocenters. The molecule has 1 aromatic rings. The summed E-state index contributed by atoms with van der Waals surface area (Å²) in [7, 11) is 1.67. The lowest BCUT2D eigenvalue weighted by atomic mass is 10.2. The highest BCUT2D eigenvalue weighted by atomic mass is 32.1. The van der Waals surface area contributed by atoms with Gasteiger partial charge in [0.2, 0.25) is 6.79 Å². The zero-order valence-electron chi connectivity index (χ0n) is 11.2. The van der Waals surface area contributed by atoms with Gasteiger partial charge in [0.1, 0.15) is 0 Å². The minimum absolute atomic E-state index is 0.268. The van der Waals surface area contributed by atoms with Gasteiger partial charge in [0.25, 0.3) is 0 Å². The van der Waals surface area contributed by atoms with Crippen LogP contribution < -0.4 is 20.2 Å². The first-order valence-corrected chi connectivity index (χ1v) is 6.66. The third-order valence-electron chi connectivity index (χ3n) is 2.59. The standard InChI is InChI=1S/C13H17N3O3S/c1-17-6-2-5-14-13(20)16-15-8-10-3-4-11-12(7-10)19-9-18-11/h3-4,7-8H,2,5-6,9H2,1H3,(H2,14,16,20)/b15-8+. The van der Waals surface area contributed by atoms with Crippen LogP contribution in [0.3, 0.4) is 0 Å². The maximum Gasteiger partial charge on any atom is 0.231 e. The molecule has 0 radical (unpaired) electrons. The van der Waals surface area contributed by atoms with Gasteiger partial charge in [-0.15, -0.1) is 0 Å². The Balaban J connectivity index is 1.74. The minimum Gasteiger partial charge on any atom is -0.454 e. The molecule has 0 saturated heterocycles. The van der Waals surface area contributed by atoms with E-state index in [-0.39, 0.29) is 6.79 Å². The number of fused-ring (bicyclic) bond motifs is 1. The summed E-state index contributed by atoms with van der Waals surface area (Å²) in [6.07, 6.45) is 2.56. The predicted octanol–water partition coefficient (Wildman–Crippen LogP) is 1.25. The van der Waals surface area contributed by atoms with E-state index in [1.54, 1.807) is 13.3 Å². The summed E-state index contributed by atoms with van der Waals surface area (Å²) in [6, 6.07) is 5.61. The summed E-state index contributed by atoms with van der Waals surface area (Å²) in [5.74, 6) is 1.49. The van der Waals surface area contributed by atoms with Crippen LogP contribution in [0.4, 0.5) is 0 Å². The number of ether oxygens (including phenoxy) is 3. The van der Waals surface area contributed by atoms with Crippen molar-refractivity contribution in [3.05, 3.63) is 23.8 Å². The normalized spacial score (nSPS) is 12.7. The predicted molar refractivity (Wildman–Crippen MR) is 80.4 cm³/mol. The van der Waals surface area contributed by atoms with Gasteiger partial charge in [-0.2, -0.15) is 5.10 Å². The van der Waals surface area contributed by atoms with Gasteiger partial charge >= 0.3 is 0 Å². The second-order valence-corrected chi connectivity index (χ2v) is 4.49. The van der Waals surface area contributed by atoms with E-state index in [0.717, 1.165) is 30.0 Å². The Morgan fingerprint density at radius 1 is 1.45 bits per heavy atom. The maximum atomic E-state index is 5.29. The van der Waals surface area contributed by atoms with Gasteiger partial charge < -0.3 is 19.5 Å². The Labute approximate surface area is 123 Å². The van der Waals surface area contributed by atoms with Crippen LogP contribution in [0, 0.1) is 0 Å². The lowest BCUT2D eigenvalue weighted by molar-refractivity contribution is 0.174. The zero-order valence-corrected chi connectivity index (χ0v) is 12.0. The van der Waals surface area contributed by atoms with Crippen molar-refractivity contribution in [3.63, 3.8) is 0 Å². The molecule has 0 atom stereocenters. The lowest BCUT2D eigenvalue weighted by Crippen LogP contribution is -2.33. The molecule has 0 aliphatic carbocycles. The largest absolute Gasteiger partial charge is 0.454 e. The van der Waals surface area contributed by atoms with Gasteiger partial charge in [0.15, 0.2) is 16.6 Å². The molecule has 0 amide bonds. The number of methoxy groups -OCH3 is 1. The van der Waals surface area contributed by atoms with Crippen molar-refractivity contribution in [2.24, 2.45) is 5.10 Å². The fraction of sp³-hybridized carbons (Fsp3) is 0.385. The second kappa shape index (κ2) is 7.66. The molecule has 20 heavy (non-hydrogen) atoms. The number of thiocarbonyl (C=S) groups is 1. The fourth-order valence-corrected chi connectivity index (χ4v) is 1.77. The summed E-state index contributed by atoms with van der Waals surface area (Å²) in [5.41, 5.74) is 3.66. The Kier molecular flexibility index (Phi) is 5.57. The van der Waals surface area contributed by atoms with E-state index < -0.39 is 0 Å². The van der Waals surface area contributed by atoms with Crippen LogP contribution in [0.15, 0.2) is 23.3 Å². The molecule has 0 spiro atoms. The average molecular weight is 295 g/mol. The first-order valence-electron chi connectivity index (χ1n) is 6.25. The van der Waals surface area contributed by atoms with Gasteiger partial charge in [0, 0.05) is 20.3 Å². The van der Waals surface area contributed by atoms with Crippen LogP contribution in [0.25, 0.3) is 0 Å². The Morgan fingerprint density at radius 2 is 2.30 bits per heavy atom. The van der Waals surface area contributed by atoms with Crippen molar-refractivity contribution in [3.8, 4) is 11.5 Å². The molecule has 0 bridgehead atoms. The molecule has 0 aromatic heterocycles. The van der Waals surface area contributed by atoms with Gasteiger partial charge in [-0.3, -0.25) is 5.43 Å². The molecule has 7 heteroatoms. The molecule has 6 nitrogen and oxygen atoms in total. The lowest BCUT2D eigenvalue weighted by Gasteiger charge is -2.06. The van der Waals surface area contributed by atoms with Crippen LogP contribution in [-0.2, 0) is 4.74 Å². The Bertz CT molecular complexity index is 494. The minimum atomic E-state index is 0.268. The summed E-state index contributed by atoms with van der Waals surface area (Å²) in [6.45, 7) is 1.72. The number of hydrazone groups is 1. The van der Waals surface area contributed by atoms with Crippen molar-refractivity contribution in [2.45, 2.75) is 6.42 Å². The SMILES string of the molecule is COCCCNC(=S)N/N=C/c1ccc2c(c1)OCO2. The van der Waals surface area contributed by atoms with Gasteiger partial charge in [-0.1, -0.05) is 0 Å². The van der Waals surface area contributed by atoms with Crippen molar-refractivity contribution < 1.29 is 14.2 Å². The van der Waals surface area contributed by atoms with Gasteiger partial charge in [-0.05, 0) is 42.4 Å². The first kappa shape index (κ1) is 14.5. The molecule has 2 N–H and O–H groups in total. The highest BCUT2D eigenvalue weighted by Crippen LogP contribution is 2.31. The van der Waals surface area contributed by atoms with Gasteiger partial charge in [-0.25, -0.2) is 0 Å². The number of benzene rings is 1. The summed E-state index contributed by atoms with van der Waals surface area (Å²) in [4.78, 5) is 0. The van der Waals surface area contributed by atoms with E-state index in [9.17, 15) is 0 Å². The number of nitrogens with one attached hydrogen (secondary N) is 2. The number of hydrogen-bond donors (Lipinski definition) is 2. The second-order valence-electron chi connectivity index (χ2n) is 4.08. The van der Waals surface area contributed by atoms with E-state index in [4.69, 9.17) is 26.4 Å².